The molecule has 0 aromatic rings. The number of carbonyl (C=O) groups is 2. The molecule has 3 rings (SSSR count). The summed E-state index contributed by atoms with van der Waals surface area (Å²) in [6.07, 6.45) is 12.3. The van der Waals surface area contributed by atoms with E-state index >= 15 is 0 Å². The van der Waals surface area contributed by atoms with Gasteiger partial charge in [0.15, 0.2) is 0 Å². The van der Waals surface area contributed by atoms with Crippen LogP contribution >= 0.6 is 0 Å². The molecule has 1 saturated carbocycles. The van der Waals surface area contributed by atoms with Crippen molar-refractivity contribution in [2.75, 3.05) is 0 Å². The van der Waals surface area contributed by atoms with E-state index in [9.17, 15) is 9.59 Å². The molecule has 0 aromatic heterocycles. The maximum atomic E-state index is 11.7. The highest BCUT2D eigenvalue weighted by atomic mass is 16.2. The van der Waals surface area contributed by atoms with E-state index in [1.165, 1.54) is 5.57 Å². The zero-order valence-electron chi connectivity index (χ0n) is 8.90. The number of Topliss-reactive ketones (excluding diaryl/α,β-unsaturated/α-hetero) is 2. The molecule has 3 aliphatic carbocycles. The van der Waals surface area contributed by atoms with Gasteiger partial charge in [0.25, 0.3) is 0 Å². The molecule has 2 nitrogen and oxygen atoms in total. The van der Waals surface area contributed by atoms with Gasteiger partial charge in [0.2, 0.25) is 11.6 Å². The van der Waals surface area contributed by atoms with Crippen molar-refractivity contribution in [2.24, 2.45) is 5.92 Å². The molecular formula is C14H12O2. The quantitative estimate of drug-likeness (QED) is 0.577. The maximum Gasteiger partial charge on any atom is 0.225 e. The minimum absolute atomic E-state index is 0.170. The Bertz CT molecular complexity index is 501. The number of ketones is 2. The van der Waals surface area contributed by atoms with E-state index in [1.54, 1.807) is 0 Å². The molecule has 0 amide bonds. The van der Waals surface area contributed by atoms with Gasteiger partial charge in [0.05, 0.1) is 0 Å². The van der Waals surface area contributed by atoms with Crippen molar-refractivity contribution >= 4 is 11.6 Å². The summed E-state index contributed by atoms with van der Waals surface area (Å²) >= 11 is 0. The zero-order valence-corrected chi connectivity index (χ0v) is 8.90. The second-order valence-electron chi connectivity index (χ2n) is 4.44. The first kappa shape index (κ1) is 9.52. The minimum atomic E-state index is -0.276. The Kier molecular flexibility index (Phi) is 2.03. The lowest BCUT2D eigenvalue weighted by Crippen LogP contribution is -2.29. The van der Waals surface area contributed by atoms with Crippen LogP contribution in [0.25, 0.3) is 0 Å². The number of hydrogen-bond acceptors (Lipinski definition) is 2. The summed E-state index contributed by atoms with van der Waals surface area (Å²) in [7, 11) is 0. The van der Waals surface area contributed by atoms with Crippen molar-refractivity contribution in [3.8, 4) is 0 Å². The van der Waals surface area contributed by atoms with Gasteiger partial charge >= 0.3 is 0 Å². The SMILES string of the molecule is O=C1CCC2C=C3CC=CC=C3C=C2C1=O. The Morgan fingerprint density at radius 3 is 3.00 bits per heavy atom. The van der Waals surface area contributed by atoms with Gasteiger partial charge in [0, 0.05) is 17.9 Å². The van der Waals surface area contributed by atoms with Crippen LogP contribution in [0.4, 0.5) is 0 Å². The highest BCUT2D eigenvalue weighted by Gasteiger charge is 2.33. The first-order valence-corrected chi connectivity index (χ1v) is 5.63. The topological polar surface area (TPSA) is 34.1 Å². The van der Waals surface area contributed by atoms with E-state index in [0.717, 1.165) is 18.4 Å². The molecule has 0 spiro atoms. The van der Waals surface area contributed by atoms with Crippen LogP contribution in [0.1, 0.15) is 19.3 Å². The maximum absolute atomic E-state index is 11.7. The van der Waals surface area contributed by atoms with Crippen molar-refractivity contribution in [1.29, 1.82) is 0 Å². The van der Waals surface area contributed by atoms with Gasteiger partial charge in [-0.15, -0.1) is 0 Å². The summed E-state index contributed by atoms with van der Waals surface area (Å²) in [5, 5.41) is 0. The molecule has 0 N–H and O–H groups in total. The Hall–Kier alpha value is -1.70. The fraction of sp³-hybridized carbons (Fsp3) is 0.286. The van der Waals surface area contributed by atoms with Crippen molar-refractivity contribution in [3.63, 3.8) is 0 Å². The molecule has 0 radical (unpaired) electrons. The first-order valence-electron chi connectivity index (χ1n) is 5.63. The normalized spacial score (nSPS) is 27.8. The average molecular weight is 212 g/mol. The van der Waals surface area contributed by atoms with Crippen molar-refractivity contribution in [2.45, 2.75) is 19.3 Å². The average Bonchev–Trinajstić information content (AvgIpc) is 2.32. The number of hydrogen-bond donors (Lipinski definition) is 0. The summed E-state index contributed by atoms with van der Waals surface area (Å²) < 4.78 is 0. The molecule has 3 aliphatic rings. The van der Waals surface area contributed by atoms with E-state index in [2.05, 4.69) is 12.2 Å². The molecule has 0 aliphatic heterocycles. The minimum Gasteiger partial charge on any atom is -0.290 e. The molecule has 0 heterocycles. The number of rotatable bonds is 0. The Morgan fingerprint density at radius 1 is 1.25 bits per heavy atom. The summed E-state index contributed by atoms with van der Waals surface area (Å²) in [4.78, 5) is 23.1. The Morgan fingerprint density at radius 2 is 2.12 bits per heavy atom. The molecule has 2 heteroatoms. The van der Waals surface area contributed by atoms with Crippen LogP contribution in [0.3, 0.4) is 0 Å². The number of fused-ring (bicyclic) bond motifs is 2. The lowest BCUT2D eigenvalue weighted by Gasteiger charge is -2.27. The van der Waals surface area contributed by atoms with E-state index in [-0.39, 0.29) is 17.5 Å². The molecular weight excluding hydrogens is 200 g/mol. The zero-order chi connectivity index (χ0) is 11.1. The van der Waals surface area contributed by atoms with Gasteiger partial charge in [-0.2, -0.15) is 0 Å². The fourth-order valence-corrected chi connectivity index (χ4v) is 2.54. The van der Waals surface area contributed by atoms with Crippen LogP contribution in [0.5, 0.6) is 0 Å². The van der Waals surface area contributed by atoms with Gasteiger partial charge < -0.3 is 0 Å². The number of carbonyl (C=O) groups excluding carboxylic acids is 2. The van der Waals surface area contributed by atoms with E-state index in [1.807, 2.05) is 18.2 Å². The molecule has 16 heavy (non-hydrogen) atoms. The van der Waals surface area contributed by atoms with E-state index in [4.69, 9.17) is 0 Å². The Balaban J connectivity index is 2.05. The van der Waals surface area contributed by atoms with E-state index in [0.29, 0.717) is 12.0 Å². The van der Waals surface area contributed by atoms with Gasteiger partial charge in [-0.05, 0) is 30.1 Å². The predicted molar refractivity (Wildman–Crippen MR) is 60.7 cm³/mol. The molecule has 0 saturated heterocycles. The third kappa shape index (κ3) is 1.33. The molecule has 1 unspecified atom stereocenters. The van der Waals surface area contributed by atoms with Crippen LogP contribution in [0, 0.1) is 5.92 Å². The number of allylic oxidation sites excluding steroid dienone is 8. The lowest BCUT2D eigenvalue weighted by molar-refractivity contribution is -0.135. The second-order valence-corrected chi connectivity index (χ2v) is 4.44. The van der Waals surface area contributed by atoms with Crippen molar-refractivity contribution in [3.05, 3.63) is 47.1 Å². The third-order valence-corrected chi connectivity index (χ3v) is 3.43. The first-order chi connectivity index (χ1) is 7.75. The molecule has 1 atom stereocenters. The summed E-state index contributed by atoms with van der Waals surface area (Å²) in [6, 6.07) is 0. The summed E-state index contributed by atoms with van der Waals surface area (Å²) in [5.41, 5.74) is 3.08. The van der Waals surface area contributed by atoms with Gasteiger partial charge in [-0.3, -0.25) is 9.59 Å². The molecule has 80 valence electrons. The van der Waals surface area contributed by atoms with Crippen LogP contribution in [0.15, 0.2) is 47.1 Å². The summed E-state index contributed by atoms with van der Waals surface area (Å²) in [5.74, 6) is -0.336. The van der Waals surface area contributed by atoms with Crippen LogP contribution in [0.2, 0.25) is 0 Å². The van der Waals surface area contributed by atoms with Crippen LogP contribution in [-0.2, 0) is 9.59 Å². The lowest BCUT2D eigenvalue weighted by atomic mass is 9.75. The largest absolute Gasteiger partial charge is 0.290 e. The van der Waals surface area contributed by atoms with Crippen LogP contribution < -0.4 is 0 Å². The highest BCUT2D eigenvalue weighted by molar-refractivity contribution is 6.44. The van der Waals surface area contributed by atoms with Crippen LogP contribution in [-0.4, -0.2) is 11.6 Å². The van der Waals surface area contributed by atoms with Gasteiger partial charge in [-0.1, -0.05) is 24.3 Å². The van der Waals surface area contributed by atoms with E-state index < -0.39 is 0 Å². The van der Waals surface area contributed by atoms with Crippen molar-refractivity contribution < 1.29 is 9.59 Å². The second kappa shape index (κ2) is 3.41. The smallest absolute Gasteiger partial charge is 0.225 e. The third-order valence-electron chi connectivity index (χ3n) is 3.43. The van der Waals surface area contributed by atoms with Gasteiger partial charge in [0.1, 0.15) is 0 Å². The van der Waals surface area contributed by atoms with Crippen molar-refractivity contribution in [1.82, 2.24) is 0 Å². The highest BCUT2D eigenvalue weighted by Crippen LogP contribution is 2.36. The fourth-order valence-electron chi connectivity index (χ4n) is 2.54. The summed E-state index contributed by atoms with van der Waals surface area (Å²) in [6.45, 7) is 0. The Labute approximate surface area is 94.0 Å². The predicted octanol–water partition coefficient (Wildman–Crippen LogP) is 2.29. The standard InChI is InChI=1S/C14H12O2/c15-13-6-5-11-7-9-3-1-2-4-10(9)8-12(11)14(13)16/h1-2,4,7-8,11H,3,5-6H2. The van der Waals surface area contributed by atoms with Gasteiger partial charge in [-0.25, -0.2) is 0 Å². The monoisotopic (exact) mass is 212 g/mol. The molecule has 0 bridgehead atoms. The molecule has 1 fully saturated rings. The molecule has 0 aromatic carbocycles.